The Kier molecular flexibility index (Phi) is 4.30. The van der Waals surface area contributed by atoms with Crippen LogP contribution >= 0.6 is 11.6 Å². The minimum absolute atomic E-state index is 0.279. The summed E-state index contributed by atoms with van der Waals surface area (Å²) in [6, 6.07) is 11.2. The van der Waals surface area contributed by atoms with Gasteiger partial charge < -0.3 is 4.90 Å². The topological polar surface area (TPSA) is 20.3 Å². The van der Waals surface area contributed by atoms with E-state index in [2.05, 4.69) is 29.2 Å². The zero-order chi connectivity index (χ0) is 13.9. The zero-order valence-corrected chi connectivity index (χ0v) is 12.6. The molecule has 3 rings (SSSR count). The average Bonchev–Trinajstić information content (AvgIpc) is 2.72. The van der Waals surface area contributed by atoms with Crippen molar-refractivity contribution >= 4 is 17.5 Å². The molecule has 0 aliphatic carbocycles. The molecule has 2 nitrogen and oxygen atoms in total. The van der Waals surface area contributed by atoms with Gasteiger partial charge in [-0.3, -0.25) is 4.79 Å². The highest BCUT2D eigenvalue weighted by molar-refractivity contribution is 6.20. The van der Waals surface area contributed by atoms with Crippen LogP contribution in [-0.4, -0.2) is 28.3 Å². The maximum Gasteiger partial charge on any atom is 0.223 e. The molecule has 2 aliphatic heterocycles. The highest BCUT2D eigenvalue weighted by Gasteiger charge is 2.42. The fraction of sp³-hybridized carbons (Fsp3) is 0.588. The van der Waals surface area contributed by atoms with Crippen LogP contribution in [0.15, 0.2) is 30.3 Å². The van der Waals surface area contributed by atoms with Gasteiger partial charge in [-0.1, -0.05) is 30.3 Å². The van der Waals surface area contributed by atoms with Crippen molar-refractivity contribution in [2.45, 2.75) is 62.4 Å². The summed E-state index contributed by atoms with van der Waals surface area (Å²) in [5.74, 6) is 0.344. The van der Waals surface area contributed by atoms with Crippen molar-refractivity contribution in [3.05, 3.63) is 35.9 Å². The van der Waals surface area contributed by atoms with Gasteiger partial charge in [0.25, 0.3) is 0 Å². The number of nitrogens with zero attached hydrogens (tertiary/aromatic N) is 1. The normalized spacial score (nSPS) is 28.6. The molecule has 108 valence electrons. The average molecular weight is 292 g/mol. The lowest BCUT2D eigenvalue weighted by Gasteiger charge is -2.37. The highest BCUT2D eigenvalue weighted by Crippen LogP contribution is 2.38. The third-order valence-corrected chi connectivity index (χ3v) is 5.02. The second-order valence-electron chi connectivity index (χ2n) is 6.09. The molecule has 0 N–H and O–H groups in total. The molecule has 2 heterocycles. The van der Waals surface area contributed by atoms with E-state index in [1.54, 1.807) is 0 Å². The number of piperidine rings is 1. The molecule has 2 bridgehead atoms. The van der Waals surface area contributed by atoms with Crippen molar-refractivity contribution in [1.29, 1.82) is 0 Å². The molecule has 0 saturated carbocycles. The molecule has 2 unspecified atom stereocenters. The fourth-order valence-electron chi connectivity index (χ4n) is 3.74. The predicted molar refractivity (Wildman–Crippen MR) is 81.9 cm³/mol. The van der Waals surface area contributed by atoms with E-state index in [4.69, 9.17) is 11.6 Å². The molecule has 2 aliphatic rings. The van der Waals surface area contributed by atoms with Crippen molar-refractivity contribution in [3.8, 4) is 0 Å². The Balaban J connectivity index is 1.50. The van der Waals surface area contributed by atoms with E-state index in [0.717, 1.165) is 38.5 Å². The fourth-order valence-corrected chi connectivity index (χ4v) is 4.15. The summed E-state index contributed by atoms with van der Waals surface area (Å²) in [5, 5.41) is 0.279. The lowest BCUT2D eigenvalue weighted by molar-refractivity contribution is -0.135. The van der Waals surface area contributed by atoms with Crippen molar-refractivity contribution in [1.82, 2.24) is 4.90 Å². The smallest absolute Gasteiger partial charge is 0.223 e. The molecule has 0 aromatic heterocycles. The number of alkyl halides is 1. The van der Waals surface area contributed by atoms with Crippen molar-refractivity contribution in [2.24, 2.45) is 0 Å². The van der Waals surface area contributed by atoms with Crippen LogP contribution < -0.4 is 0 Å². The van der Waals surface area contributed by atoms with Crippen LogP contribution in [0, 0.1) is 0 Å². The number of fused-ring (bicyclic) bond motifs is 2. The summed E-state index contributed by atoms with van der Waals surface area (Å²) in [4.78, 5) is 14.6. The molecule has 2 saturated heterocycles. The summed E-state index contributed by atoms with van der Waals surface area (Å²) < 4.78 is 0. The van der Waals surface area contributed by atoms with E-state index in [0.29, 0.717) is 24.4 Å². The molecule has 1 aromatic carbocycles. The molecule has 1 aromatic rings. The quantitative estimate of drug-likeness (QED) is 0.773. The van der Waals surface area contributed by atoms with Gasteiger partial charge in [-0.2, -0.15) is 0 Å². The lowest BCUT2D eigenvalue weighted by Crippen LogP contribution is -2.46. The van der Waals surface area contributed by atoms with Crippen LogP contribution in [0.2, 0.25) is 0 Å². The van der Waals surface area contributed by atoms with Crippen molar-refractivity contribution in [2.75, 3.05) is 0 Å². The highest BCUT2D eigenvalue weighted by atomic mass is 35.5. The maximum absolute atomic E-state index is 12.4. The Morgan fingerprint density at radius 2 is 1.80 bits per heavy atom. The number of aryl methyl sites for hydroxylation is 1. The summed E-state index contributed by atoms with van der Waals surface area (Å²) in [5.41, 5.74) is 1.32. The molecule has 2 atom stereocenters. The largest absolute Gasteiger partial charge is 0.337 e. The second kappa shape index (κ2) is 6.17. The van der Waals surface area contributed by atoms with E-state index in [-0.39, 0.29) is 5.38 Å². The second-order valence-corrected chi connectivity index (χ2v) is 6.71. The first kappa shape index (κ1) is 13.9. The van der Waals surface area contributed by atoms with Crippen LogP contribution in [0.3, 0.4) is 0 Å². The lowest BCUT2D eigenvalue weighted by atomic mass is 10.0. The number of rotatable bonds is 4. The summed E-state index contributed by atoms with van der Waals surface area (Å²) in [6.07, 6.45) is 6.90. The molecule has 0 spiro atoms. The first-order valence-electron chi connectivity index (χ1n) is 7.73. The van der Waals surface area contributed by atoms with Crippen LogP contribution in [-0.2, 0) is 11.2 Å². The van der Waals surface area contributed by atoms with Gasteiger partial charge in [0, 0.05) is 23.9 Å². The molecule has 1 amide bonds. The van der Waals surface area contributed by atoms with Crippen molar-refractivity contribution < 1.29 is 4.79 Å². The van der Waals surface area contributed by atoms with Gasteiger partial charge in [0.1, 0.15) is 0 Å². The van der Waals surface area contributed by atoms with Gasteiger partial charge in [0.2, 0.25) is 5.91 Å². The number of carbonyl (C=O) groups excluding carboxylic acids is 1. The number of hydrogen-bond donors (Lipinski definition) is 0. The van der Waals surface area contributed by atoms with Gasteiger partial charge >= 0.3 is 0 Å². The SMILES string of the molecule is O=C(CCCc1ccccc1)N1C2CCC1CC(Cl)C2. The number of hydrogen-bond acceptors (Lipinski definition) is 1. The minimum Gasteiger partial charge on any atom is -0.337 e. The van der Waals surface area contributed by atoms with E-state index in [9.17, 15) is 4.79 Å². The number of carbonyl (C=O) groups is 1. The standard InChI is InChI=1S/C17H22ClNO/c18-14-11-15-9-10-16(12-14)19(15)17(20)8-4-7-13-5-2-1-3-6-13/h1-3,5-6,14-16H,4,7-12H2. The van der Waals surface area contributed by atoms with E-state index in [1.165, 1.54) is 5.56 Å². The number of halogens is 1. The molecule has 2 fully saturated rings. The first-order chi connectivity index (χ1) is 9.74. The van der Waals surface area contributed by atoms with E-state index in [1.807, 2.05) is 6.07 Å². The molecular weight excluding hydrogens is 270 g/mol. The number of benzene rings is 1. The third kappa shape index (κ3) is 3.01. The van der Waals surface area contributed by atoms with E-state index < -0.39 is 0 Å². The predicted octanol–water partition coefficient (Wildman–Crippen LogP) is 3.77. The molecular formula is C17H22ClNO. The Labute approximate surface area is 126 Å². The zero-order valence-electron chi connectivity index (χ0n) is 11.8. The molecule has 3 heteroatoms. The van der Waals surface area contributed by atoms with Crippen LogP contribution in [0.25, 0.3) is 0 Å². The Hall–Kier alpha value is -1.02. The van der Waals surface area contributed by atoms with Crippen LogP contribution in [0.1, 0.15) is 44.1 Å². The molecule has 0 radical (unpaired) electrons. The van der Waals surface area contributed by atoms with Crippen molar-refractivity contribution in [3.63, 3.8) is 0 Å². The van der Waals surface area contributed by atoms with Gasteiger partial charge in [0.05, 0.1) is 0 Å². The third-order valence-electron chi connectivity index (χ3n) is 4.66. The maximum atomic E-state index is 12.4. The Morgan fingerprint density at radius 1 is 1.15 bits per heavy atom. The first-order valence-corrected chi connectivity index (χ1v) is 8.17. The molecule has 20 heavy (non-hydrogen) atoms. The van der Waals surface area contributed by atoms with Gasteiger partial charge in [-0.15, -0.1) is 11.6 Å². The number of amides is 1. The van der Waals surface area contributed by atoms with Gasteiger partial charge in [0.15, 0.2) is 0 Å². The summed E-state index contributed by atoms with van der Waals surface area (Å²) in [7, 11) is 0. The monoisotopic (exact) mass is 291 g/mol. The van der Waals surface area contributed by atoms with E-state index >= 15 is 0 Å². The summed E-state index contributed by atoms with van der Waals surface area (Å²) in [6.45, 7) is 0. The minimum atomic E-state index is 0.279. The van der Waals surface area contributed by atoms with Crippen LogP contribution in [0.5, 0.6) is 0 Å². The Bertz CT molecular complexity index is 447. The summed E-state index contributed by atoms with van der Waals surface area (Å²) >= 11 is 6.26. The van der Waals surface area contributed by atoms with Gasteiger partial charge in [-0.05, 0) is 44.1 Å². The van der Waals surface area contributed by atoms with Crippen LogP contribution in [0.4, 0.5) is 0 Å². The Morgan fingerprint density at radius 3 is 2.45 bits per heavy atom. The van der Waals surface area contributed by atoms with Gasteiger partial charge in [-0.25, -0.2) is 0 Å².